The molecule has 0 radical (unpaired) electrons. The summed E-state index contributed by atoms with van der Waals surface area (Å²) in [7, 11) is 0. The number of nitrogens with zero attached hydrogens (tertiary/aromatic N) is 3. The standard InChI is InChI=1S/C17H23N3O/c1-14(2)12-15-4-5-16(19-8-10-21-11-9-19)13-17(15)20-7-3-6-18-20/h3-7,13-14H,8-12H2,1-2H3. The second-order valence-corrected chi connectivity index (χ2v) is 5.96. The largest absolute Gasteiger partial charge is 0.378 e. The molecular weight excluding hydrogens is 262 g/mol. The van der Waals surface area contributed by atoms with Crippen LogP contribution in [0, 0.1) is 5.92 Å². The number of aromatic nitrogens is 2. The molecule has 1 aliphatic heterocycles. The predicted octanol–water partition coefficient (Wildman–Crippen LogP) is 2.91. The fourth-order valence-electron chi connectivity index (χ4n) is 2.81. The third-order valence-corrected chi connectivity index (χ3v) is 3.82. The Kier molecular flexibility index (Phi) is 4.25. The molecule has 0 bridgehead atoms. The van der Waals surface area contributed by atoms with Gasteiger partial charge in [0.15, 0.2) is 0 Å². The fraction of sp³-hybridized carbons (Fsp3) is 0.471. The van der Waals surface area contributed by atoms with Crippen molar-refractivity contribution in [3.8, 4) is 5.69 Å². The van der Waals surface area contributed by atoms with Gasteiger partial charge in [-0.05, 0) is 36.1 Å². The molecule has 0 aliphatic carbocycles. The Bertz CT molecular complexity index is 572. The number of anilines is 1. The number of rotatable bonds is 4. The molecule has 0 N–H and O–H groups in total. The van der Waals surface area contributed by atoms with E-state index in [9.17, 15) is 0 Å². The summed E-state index contributed by atoms with van der Waals surface area (Å²) in [6, 6.07) is 8.72. The minimum atomic E-state index is 0.633. The Hall–Kier alpha value is -1.81. The Morgan fingerprint density at radius 2 is 2.05 bits per heavy atom. The van der Waals surface area contributed by atoms with Crippen molar-refractivity contribution >= 4 is 5.69 Å². The first kappa shape index (κ1) is 14.1. The molecule has 3 rings (SSSR count). The molecule has 1 fully saturated rings. The minimum Gasteiger partial charge on any atom is -0.378 e. The number of ether oxygens (including phenoxy) is 1. The SMILES string of the molecule is CC(C)Cc1ccc(N2CCOCC2)cc1-n1cccn1. The maximum Gasteiger partial charge on any atom is 0.0698 e. The Balaban J connectivity index is 1.95. The zero-order valence-electron chi connectivity index (χ0n) is 12.8. The zero-order valence-corrected chi connectivity index (χ0v) is 12.8. The molecule has 0 atom stereocenters. The molecule has 0 spiro atoms. The first-order chi connectivity index (χ1) is 10.2. The van der Waals surface area contributed by atoms with Crippen LogP contribution in [0.25, 0.3) is 5.69 Å². The van der Waals surface area contributed by atoms with Gasteiger partial charge in [0.25, 0.3) is 0 Å². The Morgan fingerprint density at radius 3 is 2.71 bits per heavy atom. The third-order valence-electron chi connectivity index (χ3n) is 3.82. The molecule has 2 heterocycles. The second-order valence-electron chi connectivity index (χ2n) is 5.96. The lowest BCUT2D eigenvalue weighted by Gasteiger charge is -2.29. The van der Waals surface area contributed by atoms with Crippen molar-refractivity contribution < 1.29 is 4.74 Å². The van der Waals surface area contributed by atoms with Crippen LogP contribution in [0.15, 0.2) is 36.7 Å². The molecule has 2 aromatic rings. The molecule has 21 heavy (non-hydrogen) atoms. The van der Waals surface area contributed by atoms with Gasteiger partial charge in [-0.3, -0.25) is 0 Å². The van der Waals surface area contributed by atoms with Crippen LogP contribution in [0.1, 0.15) is 19.4 Å². The molecule has 4 heteroatoms. The van der Waals surface area contributed by atoms with Crippen LogP contribution < -0.4 is 4.90 Å². The Morgan fingerprint density at radius 1 is 1.24 bits per heavy atom. The summed E-state index contributed by atoms with van der Waals surface area (Å²) in [5.41, 5.74) is 3.81. The first-order valence-corrected chi connectivity index (χ1v) is 7.69. The van der Waals surface area contributed by atoms with Crippen LogP contribution in [0.5, 0.6) is 0 Å². The van der Waals surface area contributed by atoms with Gasteiger partial charge >= 0.3 is 0 Å². The fourth-order valence-corrected chi connectivity index (χ4v) is 2.81. The van der Waals surface area contributed by atoms with E-state index in [1.165, 1.54) is 16.9 Å². The molecule has 0 unspecified atom stereocenters. The molecular formula is C17H23N3O. The number of hydrogen-bond acceptors (Lipinski definition) is 3. The van der Waals surface area contributed by atoms with Gasteiger partial charge in [-0.15, -0.1) is 0 Å². The smallest absolute Gasteiger partial charge is 0.0698 e. The second kappa shape index (κ2) is 6.31. The van der Waals surface area contributed by atoms with Crippen molar-refractivity contribution in [1.82, 2.24) is 9.78 Å². The van der Waals surface area contributed by atoms with Gasteiger partial charge in [-0.25, -0.2) is 4.68 Å². The van der Waals surface area contributed by atoms with Crippen LogP contribution in [0.4, 0.5) is 5.69 Å². The van der Waals surface area contributed by atoms with Crippen molar-refractivity contribution in [1.29, 1.82) is 0 Å². The van der Waals surface area contributed by atoms with Crippen molar-refractivity contribution in [2.24, 2.45) is 5.92 Å². The number of morpholine rings is 1. The monoisotopic (exact) mass is 285 g/mol. The topological polar surface area (TPSA) is 30.3 Å². The molecule has 1 aliphatic rings. The highest BCUT2D eigenvalue weighted by Gasteiger charge is 2.14. The van der Waals surface area contributed by atoms with Crippen LogP contribution >= 0.6 is 0 Å². The van der Waals surface area contributed by atoms with Gasteiger partial charge in [-0.1, -0.05) is 19.9 Å². The van der Waals surface area contributed by atoms with Crippen LogP contribution in [-0.4, -0.2) is 36.1 Å². The number of benzene rings is 1. The molecule has 0 amide bonds. The summed E-state index contributed by atoms with van der Waals surface area (Å²) in [4.78, 5) is 2.38. The van der Waals surface area contributed by atoms with Crippen LogP contribution in [0.2, 0.25) is 0 Å². The van der Waals surface area contributed by atoms with E-state index in [1.807, 2.05) is 23.1 Å². The van der Waals surface area contributed by atoms with Gasteiger partial charge in [0.1, 0.15) is 0 Å². The normalized spacial score (nSPS) is 15.7. The van der Waals surface area contributed by atoms with E-state index < -0.39 is 0 Å². The van der Waals surface area contributed by atoms with E-state index in [1.54, 1.807) is 0 Å². The third kappa shape index (κ3) is 3.27. The summed E-state index contributed by atoms with van der Waals surface area (Å²) in [6.07, 6.45) is 4.92. The Labute approximate surface area is 126 Å². The van der Waals surface area contributed by atoms with Crippen molar-refractivity contribution in [3.05, 3.63) is 42.2 Å². The molecule has 4 nitrogen and oxygen atoms in total. The maximum absolute atomic E-state index is 5.44. The molecule has 0 saturated carbocycles. The summed E-state index contributed by atoms with van der Waals surface area (Å²) in [6.45, 7) is 8.05. The highest BCUT2D eigenvalue weighted by Crippen LogP contribution is 2.25. The van der Waals surface area contributed by atoms with E-state index in [4.69, 9.17) is 4.74 Å². The minimum absolute atomic E-state index is 0.633. The van der Waals surface area contributed by atoms with Gasteiger partial charge < -0.3 is 9.64 Å². The van der Waals surface area contributed by atoms with Gasteiger partial charge in [0.05, 0.1) is 18.9 Å². The van der Waals surface area contributed by atoms with Crippen molar-refractivity contribution in [2.45, 2.75) is 20.3 Å². The molecule has 1 saturated heterocycles. The van der Waals surface area contributed by atoms with E-state index in [0.29, 0.717) is 5.92 Å². The molecule has 1 aromatic heterocycles. The van der Waals surface area contributed by atoms with E-state index in [0.717, 1.165) is 32.7 Å². The summed E-state index contributed by atoms with van der Waals surface area (Å²) >= 11 is 0. The summed E-state index contributed by atoms with van der Waals surface area (Å²) < 4.78 is 7.41. The van der Waals surface area contributed by atoms with Gasteiger partial charge in [0, 0.05) is 31.2 Å². The number of hydrogen-bond donors (Lipinski definition) is 0. The van der Waals surface area contributed by atoms with E-state index >= 15 is 0 Å². The van der Waals surface area contributed by atoms with E-state index in [-0.39, 0.29) is 0 Å². The van der Waals surface area contributed by atoms with Crippen LogP contribution in [0.3, 0.4) is 0 Å². The van der Waals surface area contributed by atoms with Gasteiger partial charge in [-0.2, -0.15) is 5.10 Å². The molecule has 1 aromatic carbocycles. The van der Waals surface area contributed by atoms with Gasteiger partial charge in [0.2, 0.25) is 0 Å². The van der Waals surface area contributed by atoms with Crippen LogP contribution in [-0.2, 0) is 11.2 Å². The lowest BCUT2D eigenvalue weighted by molar-refractivity contribution is 0.122. The summed E-state index contributed by atoms with van der Waals surface area (Å²) in [5, 5.41) is 4.41. The lowest BCUT2D eigenvalue weighted by atomic mass is 10.0. The quantitative estimate of drug-likeness (QED) is 0.865. The zero-order chi connectivity index (χ0) is 14.7. The lowest BCUT2D eigenvalue weighted by Crippen LogP contribution is -2.36. The maximum atomic E-state index is 5.44. The van der Waals surface area contributed by atoms with E-state index in [2.05, 4.69) is 42.0 Å². The van der Waals surface area contributed by atoms with Crippen molar-refractivity contribution in [3.63, 3.8) is 0 Å². The highest BCUT2D eigenvalue weighted by molar-refractivity contribution is 5.57. The average Bonchev–Trinajstić information content (AvgIpc) is 3.02. The first-order valence-electron chi connectivity index (χ1n) is 7.69. The summed E-state index contributed by atoms with van der Waals surface area (Å²) in [5.74, 6) is 0.633. The highest BCUT2D eigenvalue weighted by atomic mass is 16.5. The molecule has 112 valence electrons. The predicted molar refractivity (Wildman–Crippen MR) is 85.1 cm³/mol. The average molecular weight is 285 g/mol. The van der Waals surface area contributed by atoms with Crippen molar-refractivity contribution in [2.75, 3.05) is 31.2 Å².